The Kier molecular flexibility index (Phi) is 7.35. The topological polar surface area (TPSA) is 78.3 Å². The second-order valence-electron chi connectivity index (χ2n) is 6.79. The summed E-state index contributed by atoms with van der Waals surface area (Å²) in [5, 5.41) is 12.1. The summed E-state index contributed by atoms with van der Waals surface area (Å²) >= 11 is 1.34. The van der Waals surface area contributed by atoms with Gasteiger partial charge in [-0.2, -0.15) is 0 Å². The van der Waals surface area contributed by atoms with Crippen molar-refractivity contribution < 1.29 is 14.3 Å². The number of ether oxygens (including phenoxy) is 2. The van der Waals surface area contributed by atoms with E-state index in [-0.39, 0.29) is 11.7 Å². The molecule has 1 aromatic heterocycles. The Morgan fingerprint density at radius 3 is 2.53 bits per heavy atom. The maximum absolute atomic E-state index is 12.4. The van der Waals surface area contributed by atoms with Crippen molar-refractivity contribution in [1.82, 2.24) is 14.8 Å². The number of anilines is 1. The van der Waals surface area contributed by atoms with Crippen LogP contribution in [0.1, 0.15) is 23.9 Å². The summed E-state index contributed by atoms with van der Waals surface area (Å²) in [4.78, 5) is 12.4. The number of methoxy groups -OCH3 is 1. The Labute approximate surface area is 180 Å². The van der Waals surface area contributed by atoms with E-state index in [1.807, 2.05) is 67.8 Å². The highest BCUT2D eigenvalue weighted by Gasteiger charge is 2.15. The van der Waals surface area contributed by atoms with Crippen molar-refractivity contribution in [3.63, 3.8) is 0 Å². The van der Waals surface area contributed by atoms with Crippen LogP contribution in [0.15, 0.2) is 47.6 Å². The van der Waals surface area contributed by atoms with Gasteiger partial charge in [0.05, 0.1) is 18.6 Å². The lowest BCUT2D eigenvalue weighted by Gasteiger charge is -2.11. The van der Waals surface area contributed by atoms with E-state index in [1.54, 1.807) is 7.11 Å². The summed E-state index contributed by atoms with van der Waals surface area (Å²) in [6.07, 6.45) is 0. The zero-order valence-corrected chi connectivity index (χ0v) is 18.5. The van der Waals surface area contributed by atoms with Crippen LogP contribution >= 0.6 is 11.8 Å². The number of carbonyl (C=O) groups excluding carboxylic acids is 1. The van der Waals surface area contributed by atoms with Gasteiger partial charge in [-0.3, -0.25) is 4.79 Å². The fourth-order valence-corrected chi connectivity index (χ4v) is 3.69. The monoisotopic (exact) mass is 426 g/mol. The van der Waals surface area contributed by atoms with Crippen LogP contribution in [0.3, 0.4) is 0 Å². The van der Waals surface area contributed by atoms with E-state index in [0.717, 1.165) is 17.1 Å². The molecule has 0 bridgehead atoms. The standard InChI is InChI=1S/C22H26N4O3S/c1-5-26-20(13-29-17-9-6-15(2)7-10-17)24-25-22(26)30-14-21(27)23-18-12-16(3)8-11-19(18)28-4/h6-12H,5,13-14H2,1-4H3,(H,23,27). The van der Waals surface area contributed by atoms with Crippen molar-refractivity contribution in [3.05, 3.63) is 59.4 Å². The Morgan fingerprint density at radius 2 is 1.83 bits per heavy atom. The molecule has 0 saturated heterocycles. The van der Waals surface area contributed by atoms with Crippen molar-refractivity contribution in [2.45, 2.75) is 39.1 Å². The van der Waals surface area contributed by atoms with Crippen molar-refractivity contribution in [2.24, 2.45) is 0 Å². The lowest BCUT2D eigenvalue weighted by atomic mass is 10.2. The van der Waals surface area contributed by atoms with E-state index >= 15 is 0 Å². The summed E-state index contributed by atoms with van der Waals surface area (Å²) in [7, 11) is 1.58. The fraction of sp³-hybridized carbons (Fsp3) is 0.318. The lowest BCUT2D eigenvalue weighted by molar-refractivity contribution is -0.113. The highest BCUT2D eigenvalue weighted by atomic mass is 32.2. The molecule has 0 unspecified atom stereocenters. The quantitative estimate of drug-likeness (QED) is 0.516. The number of benzene rings is 2. The molecule has 0 atom stereocenters. The average molecular weight is 427 g/mol. The number of rotatable bonds is 9. The Balaban J connectivity index is 1.59. The molecule has 1 amide bonds. The van der Waals surface area contributed by atoms with Crippen LogP contribution in [0, 0.1) is 13.8 Å². The van der Waals surface area contributed by atoms with Crippen LogP contribution in [-0.4, -0.2) is 33.5 Å². The Bertz CT molecular complexity index is 1000. The number of nitrogens with one attached hydrogen (secondary N) is 1. The number of nitrogens with zero attached hydrogens (tertiary/aromatic N) is 3. The molecule has 0 aliphatic rings. The molecule has 0 aliphatic carbocycles. The van der Waals surface area contributed by atoms with E-state index in [0.29, 0.717) is 29.7 Å². The van der Waals surface area contributed by atoms with Crippen LogP contribution < -0.4 is 14.8 Å². The smallest absolute Gasteiger partial charge is 0.234 e. The molecule has 8 heteroatoms. The number of hydrogen-bond acceptors (Lipinski definition) is 6. The highest BCUT2D eigenvalue weighted by molar-refractivity contribution is 7.99. The van der Waals surface area contributed by atoms with Gasteiger partial charge in [-0.15, -0.1) is 10.2 Å². The van der Waals surface area contributed by atoms with Crippen LogP contribution in [-0.2, 0) is 17.9 Å². The highest BCUT2D eigenvalue weighted by Crippen LogP contribution is 2.26. The molecular weight excluding hydrogens is 400 g/mol. The normalized spacial score (nSPS) is 10.7. The molecule has 1 heterocycles. The van der Waals surface area contributed by atoms with Crippen molar-refractivity contribution >= 4 is 23.4 Å². The van der Waals surface area contributed by atoms with Gasteiger partial charge in [0.25, 0.3) is 0 Å². The third kappa shape index (κ3) is 5.54. The SMILES string of the molecule is CCn1c(COc2ccc(C)cc2)nnc1SCC(=O)Nc1cc(C)ccc1OC. The van der Waals surface area contributed by atoms with Crippen LogP contribution in [0.25, 0.3) is 0 Å². The van der Waals surface area contributed by atoms with Gasteiger partial charge >= 0.3 is 0 Å². The first kappa shape index (κ1) is 21.7. The Morgan fingerprint density at radius 1 is 1.10 bits per heavy atom. The molecule has 158 valence electrons. The molecule has 7 nitrogen and oxygen atoms in total. The Hall–Kier alpha value is -3.00. The number of aromatic nitrogens is 3. The van der Waals surface area contributed by atoms with Gasteiger partial charge in [0, 0.05) is 6.54 Å². The van der Waals surface area contributed by atoms with E-state index in [4.69, 9.17) is 9.47 Å². The third-order valence-electron chi connectivity index (χ3n) is 4.46. The molecular formula is C22H26N4O3S. The van der Waals surface area contributed by atoms with Crippen molar-refractivity contribution in [2.75, 3.05) is 18.2 Å². The minimum absolute atomic E-state index is 0.132. The van der Waals surface area contributed by atoms with E-state index in [1.165, 1.54) is 17.3 Å². The van der Waals surface area contributed by atoms with Gasteiger partial charge in [0.1, 0.15) is 18.1 Å². The summed E-state index contributed by atoms with van der Waals surface area (Å²) in [5.41, 5.74) is 2.88. The summed E-state index contributed by atoms with van der Waals surface area (Å²) in [5.74, 6) is 2.22. The molecule has 30 heavy (non-hydrogen) atoms. The van der Waals surface area contributed by atoms with E-state index < -0.39 is 0 Å². The molecule has 3 rings (SSSR count). The maximum atomic E-state index is 12.4. The van der Waals surface area contributed by atoms with Gasteiger partial charge in [-0.1, -0.05) is 35.5 Å². The lowest BCUT2D eigenvalue weighted by Crippen LogP contribution is -2.15. The van der Waals surface area contributed by atoms with Crippen LogP contribution in [0.2, 0.25) is 0 Å². The van der Waals surface area contributed by atoms with Crippen LogP contribution in [0.5, 0.6) is 11.5 Å². The largest absolute Gasteiger partial charge is 0.495 e. The maximum Gasteiger partial charge on any atom is 0.234 e. The first-order valence-electron chi connectivity index (χ1n) is 9.69. The van der Waals surface area contributed by atoms with Gasteiger partial charge in [-0.05, 0) is 50.6 Å². The van der Waals surface area contributed by atoms with Gasteiger partial charge in [-0.25, -0.2) is 0 Å². The third-order valence-corrected chi connectivity index (χ3v) is 5.43. The first-order valence-corrected chi connectivity index (χ1v) is 10.7. The molecule has 3 aromatic rings. The van der Waals surface area contributed by atoms with Crippen LogP contribution in [0.4, 0.5) is 5.69 Å². The number of amides is 1. The van der Waals surface area contributed by atoms with Crippen molar-refractivity contribution in [3.8, 4) is 11.5 Å². The van der Waals surface area contributed by atoms with Gasteiger partial charge in [0.2, 0.25) is 5.91 Å². The molecule has 0 spiro atoms. The zero-order chi connectivity index (χ0) is 21.5. The second kappa shape index (κ2) is 10.2. The molecule has 1 N–H and O–H groups in total. The van der Waals surface area contributed by atoms with E-state index in [2.05, 4.69) is 15.5 Å². The summed E-state index contributed by atoms with van der Waals surface area (Å²) in [6, 6.07) is 13.5. The van der Waals surface area contributed by atoms with Crippen molar-refractivity contribution in [1.29, 1.82) is 0 Å². The minimum Gasteiger partial charge on any atom is -0.495 e. The molecule has 0 saturated carbocycles. The predicted octanol–water partition coefficient (Wildman–Crippen LogP) is 4.23. The summed E-state index contributed by atoms with van der Waals surface area (Å²) < 4.78 is 13.1. The van der Waals surface area contributed by atoms with Gasteiger partial charge in [0.15, 0.2) is 11.0 Å². The first-order chi connectivity index (χ1) is 14.5. The average Bonchev–Trinajstić information content (AvgIpc) is 3.14. The predicted molar refractivity (Wildman–Crippen MR) is 118 cm³/mol. The van der Waals surface area contributed by atoms with Gasteiger partial charge < -0.3 is 19.4 Å². The number of thioether (sulfide) groups is 1. The molecule has 0 radical (unpaired) electrons. The fourth-order valence-electron chi connectivity index (χ4n) is 2.87. The minimum atomic E-state index is -0.132. The number of hydrogen-bond donors (Lipinski definition) is 1. The number of aryl methyl sites for hydroxylation is 2. The zero-order valence-electron chi connectivity index (χ0n) is 17.6. The summed E-state index contributed by atoms with van der Waals surface area (Å²) in [6.45, 7) is 7.02. The molecule has 2 aromatic carbocycles. The molecule has 0 fully saturated rings. The second-order valence-corrected chi connectivity index (χ2v) is 7.73. The van der Waals surface area contributed by atoms with E-state index in [9.17, 15) is 4.79 Å². The molecule has 0 aliphatic heterocycles. The number of carbonyl (C=O) groups is 1.